The van der Waals surface area contributed by atoms with E-state index in [1.807, 2.05) is 6.92 Å². The molecule has 0 aliphatic rings. The van der Waals surface area contributed by atoms with Crippen LogP contribution >= 0.6 is 0 Å². The highest BCUT2D eigenvalue weighted by atomic mass is 16.5. The Morgan fingerprint density at radius 1 is 0.760 bits per heavy atom. The van der Waals surface area contributed by atoms with Gasteiger partial charge >= 0.3 is 11.9 Å². The van der Waals surface area contributed by atoms with Gasteiger partial charge < -0.3 is 9.47 Å². The van der Waals surface area contributed by atoms with Crippen molar-refractivity contribution in [3.05, 3.63) is 0 Å². The summed E-state index contributed by atoms with van der Waals surface area (Å²) in [7, 11) is 0. The first kappa shape index (κ1) is 23.9. The van der Waals surface area contributed by atoms with Gasteiger partial charge in [0.05, 0.1) is 6.61 Å². The summed E-state index contributed by atoms with van der Waals surface area (Å²) in [5.41, 5.74) is 0.0190. The van der Waals surface area contributed by atoms with Crippen LogP contribution in [-0.2, 0) is 19.1 Å². The Morgan fingerprint density at radius 3 is 1.64 bits per heavy atom. The van der Waals surface area contributed by atoms with E-state index >= 15 is 0 Å². The number of rotatable bonds is 11. The topological polar surface area (TPSA) is 52.6 Å². The quantitative estimate of drug-likeness (QED) is 0.353. The van der Waals surface area contributed by atoms with E-state index in [9.17, 15) is 9.59 Å². The van der Waals surface area contributed by atoms with Crippen LogP contribution < -0.4 is 0 Å². The third-order valence-electron chi connectivity index (χ3n) is 4.21. The molecule has 4 heteroatoms. The first-order valence-electron chi connectivity index (χ1n) is 9.77. The van der Waals surface area contributed by atoms with Gasteiger partial charge in [-0.2, -0.15) is 0 Å². The maximum atomic E-state index is 11.8. The Hall–Kier alpha value is -1.06. The molecule has 0 aliphatic carbocycles. The Kier molecular flexibility index (Phi) is 11.0. The molecule has 0 bridgehead atoms. The number of unbranched alkanes of at least 4 members (excludes halogenated alkanes) is 5. The Labute approximate surface area is 155 Å². The smallest absolute Gasteiger partial charge is 0.306 e. The first-order chi connectivity index (χ1) is 11.4. The molecular weight excluding hydrogens is 316 g/mol. The van der Waals surface area contributed by atoms with Crippen molar-refractivity contribution < 1.29 is 19.1 Å². The molecule has 0 saturated heterocycles. The molecule has 0 radical (unpaired) electrons. The fourth-order valence-corrected chi connectivity index (χ4v) is 2.05. The van der Waals surface area contributed by atoms with Gasteiger partial charge in [0.1, 0.15) is 6.10 Å². The van der Waals surface area contributed by atoms with Gasteiger partial charge in [-0.1, -0.05) is 67.2 Å². The number of ether oxygens (including phenoxy) is 2. The van der Waals surface area contributed by atoms with E-state index < -0.39 is 0 Å². The number of hydrogen-bond donors (Lipinski definition) is 0. The van der Waals surface area contributed by atoms with Gasteiger partial charge in [-0.25, -0.2) is 0 Å². The zero-order valence-corrected chi connectivity index (χ0v) is 17.6. The number of hydrogen-bond acceptors (Lipinski definition) is 4. The monoisotopic (exact) mass is 356 g/mol. The van der Waals surface area contributed by atoms with Crippen LogP contribution in [-0.4, -0.2) is 24.6 Å². The summed E-state index contributed by atoms with van der Waals surface area (Å²) < 4.78 is 10.7. The van der Waals surface area contributed by atoms with Crippen LogP contribution in [0.15, 0.2) is 0 Å². The van der Waals surface area contributed by atoms with Gasteiger partial charge in [-0.05, 0) is 30.6 Å². The molecule has 25 heavy (non-hydrogen) atoms. The largest absolute Gasteiger partial charge is 0.465 e. The van der Waals surface area contributed by atoms with Crippen LogP contribution in [0, 0.1) is 10.8 Å². The van der Waals surface area contributed by atoms with E-state index in [0.717, 1.165) is 38.5 Å². The minimum atomic E-state index is -0.0935. The van der Waals surface area contributed by atoms with Crippen LogP contribution in [0.4, 0.5) is 0 Å². The SMILES string of the molecule is CC(OC(=O)CCCCCCCCC(=O)OCC(C)(C)C)C(C)(C)C. The second kappa shape index (κ2) is 11.5. The van der Waals surface area contributed by atoms with Crippen molar-refractivity contribution in [1.29, 1.82) is 0 Å². The Morgan fingerprint density at radius 2 is 1.20 bits per heavy atom. The maximum absolute atomic E-state index is 11.8. The van der Waals surface area contributed by atoms with Crippen LogP contribution in [0.1, 0.15) is 99.8 Å². The molecule has 0 heterocycles. The normalized spacial score (nSPS) is 13.4. The fourth-order valence-electron chi connectivity index (χ4n) is 2.05. The van der Waals surface area contributed by atoms with E-state index in [1.54, 1.807) is 0 Å². The molecule has 0 aliphatic heterocycles. The molecule has 1 unspecified atom stereocenters. The van der Waals surface area contributed by atoms with Gasteiger partial charge in [0.15, 0.2) is 0 Å². The number of carbonyl (C=O) groups excluding carboxylic acids is 2. The summed E-state index contributed by atoms with van der Waals surface area (Å²) in [6.45, 7) is 14.8. The Bertz CT molecular complexity index is 388. The zero-order valence-electron chi connectivity index (χ0n) is 17.6. The third-order valence-corrected chi connectivity index (χ3v) is 4.21. The number of esters is 2. The minimum Gasteiger partial charge on any atom is -0.465 e. The van der Waals surface area contributed by atoms with Crippen LogP contribution in [0.3, 0.4) is 0 Å². The zero-order chi connectivity index (χ0) is 19.5. The van der Waals surface area contributed by atoms with Crippen molar-refractivity contribution in [3.63, 3.8) is 0 Å². The molecular formula is C21H40O4. The van der Waals surface area contributed by atoms with Crippen LogP contribution in [0.25, 0.3) is 0 Å². The van der Waals surface area contributed by atoms with E-state index in [-0.39, 0.29) is 28.9 Å². The second-order valence-corrected chi connectivity index (χ2v) is 9.34. The molecule has 1 atom stereocenters. The molecule has 0 spiro atoms. The average Bonchev–Trinajstić information content (AvgIpc) is 2.46. The molecule has 0 N–H and O–H groups in total. The predicted molar refractivity (Wildman–Crippen MR) is 102 cm³/mol. The lowest BCUT2D eigenvalue weighted by molar-refractivity contribution is -0.153. The summed E-state index contributed by atoms with van der Waals surface area (Å²) in [5, 5.41) is 0. The summed E-state index contributed by atoms with van der Waals surface area (Å²) in [4.78, 5) is 23.4. The summed E-state index contributed by atoms with van der Waals surface area (Å²) >= 11 is 0. The van der Waals surface area contributed by atoms with Gasteiger partial charge in [0, 0.05) is 12.8 Å². The lowest BCUT2D eigenvalue weighted by Crippen LogP contribution is -2.28. The molecule has 0 amide bonds. The lowest BCUT2D eigenvalue weighted by atomic mass is 9.90. The van der Waals surface area contributed by atoms with Crippen LogP contribution in [0.5, 0.6) is 0 Å². The van der Waals surface area contributed by atoms with E-state index in [4.69, 9.17) is 9.47 Å². The van der Waals surface area contributed by atoms with Gasteiger partial charge in [-0.3, -0.25) is 9.59 Å². The summed E-state index contributed by atoms with van der Waals surface area (Å²) in [6, 6.07) is 0. The standard InChI is InChI=1S/C21H40O4/c1-17(21(5,6)7)25-19(23)15-13-11-9-8-10-12-14-18(22)24-16-20(2,3)4/h17H,8-16H2,1-7H3. The van der Waals surface area contributed by atoms with Crippen molar-refractivity contribution in [3.8, 4) is 0 Å². The summed E-state index contributed by atoms with van der Waals surface area (Å²) in [6.07, 6.45) is 6.98. The minimum absolute atomic E-state index is 0.0102. The molecule has 0 rings (SSSR count). The van der Waals surface area contributed by atoms with Crippen molar-refractivity contribution >= 4 is 11.9 Å². The van der Waals surface area contributed by atoms with E-state index in [0.29, 0.717) is 19.4 Å². The third kappa shape index (κ3) is 14.9. The van der Waals surface area contributed by atoms with Gasteiger partial charge in [-0.15, -0.1) is 0 Å². The van der Waals surface area contributed by atoms with E-state index in [1.165, 1.54) is 0 Å². The second-order valence-electron chi connectivity index (χ2n) is 9.34. The Balaban J connectivity index is 3.53. The highest BCUT2D eigenvalue weighted by molar-refractivity contribution is 5.69. The molecule has 0 aromatic heterocycles. The highest BCUT2D eigenvalue weighted by Crippen LogP contribution is 2.22. The van der Waals surface area contributed by atoms with Crippen molar-refractivity contribution in [2.24, 2.45) is 10.8 Å². The predicted octanol–water partition coefficient (Wildman–Crippen LogP) is 5.67. The van der Waals surface area contributed by atoms with Gasteiger partial charge in [0.25, 0.3) is 0 Å². The van der Waals surface area contributed by atoms with Crippen molar-refractivity contribution in [1.82, 2.24) is 0 Å². The van der Waals surface area contributed by atoms with Crippen molar-refractivity contribution in [2.75, 3.05) is 6.61 Å². The van der Waals surface area contributed by atoms with Gasteiger partial charge in [0.2, 0.25) is 0 Å². The fraction of sp³-hybridized carbons (Fsp3) is 0.905. The van der Waals surface area contributed by atoms with Crippen LogP contribution in [0.2, 0.25) is 0 Å². The van der Waals surface area contributed by atoms with Crippen molar-refractivity contribution in [2.45, 2.75) is 106 Å². The number of carbonyl (C=O) groups is 2. The molecule has 0 aromatic carbocycles. The molecule has 0 saturated carbocycles. The summed E-state index contributed by atoms with van der Waals surface area (Å²) in [5.74, 6) is -0.186. The lowest BCUT2D eigenvalue weighted by Gasteiger charge is -2.26. The highest BCUT2D eigenvalue weighted by Gasteiger charge is 2.23. The average molecular weight is 357 g/mol. The molecule has 0 fully saturated rings. The maximum Gasteiger partial charge on any atom is 0.306 e. The molecule has 4 nitrogen and oxygen atoms in total. The van der Waals surface area contributed by atoms with E-state index in [2.05, 4.69) is 41.5 Å². The first-order valence-corrected chi connectivity index (χ1v) is 9.77. The molecule has 0 aromatic rings. The molecule has 148 valence electrons.